The Bertz CT molecular complexity index is 455. The smallest absolute Gasteiger partial charge is 0.318 e. The Morgan fingerprint density at radius 2 is 1.82 bits per heavy atom. The highest BCUT2D eigenvalue weighted by molar-refractivity contribution is 7.89. The van der Waals surface area contributed by atoms with Gasteiger partial charge in [0, 0.05) is 13.1 Å². The monoisotopic (exact) mass is 261 g/mol. The molecule has 2 aliphatic rings. The number of esters is 2. The topological polar surface area (TPSA) is 80.8 Å². The predicted octanol–water partition coefficient (Wildman–Crippen LogP) is -0.254. The molecule has 7 heteroatoms. The van der Waals surface area contributed by atoms with Crippen molar-refractivity contribution in [1.29, 1.82) is 0 Å². The lowest BCUT2D eigenvalue weighted by molar-refractivity contribution is -0.153. The maximum absolute atomic E-state index is 12.0. The lowest BCUT2D eigenvalue weighted by Crippen LogP contribution is -2.47. The first-order chi connectivity index (χ1) is 7.84. The van der Waals surface area contributed by atoms with Crippen LogP contribution in [0.3, 0.4) is 0 Å². The summed E-state index contributed by atoms with van der Waals surface area (Å²) in [6.45, 7) is 3.54. The standard InChI is InChI=1S/C10H15NO5S/c1-6(2)17(14,15)11-4-3-7-8(5-11)10(13)16-9(7)12/h6-8H,3-5H2,1-2H3. The number of sulfonamides is 1. The normalized spacial score (nSPS) is 30.5. The molecule has 2 saturated heterocycles. The van der Waals surface area contributed by atoms with Gasteiger partial charge in [-0.1, -0.05) is 0 Å². The van der Waals surface area contributed by atoms with Crippen molar-refractivity contribution in [3.8, 4) is 0 Å². The summed E-state index contributed by atoms with van der Waals surface area (Å²) in [6.07, 6.45) is 0.362. The van der Waals surface area contributed by atoms with Crippen molar-refractivity contribution in [1.82, 2.24) is 4.31 Å². The summed E-state index contributed by atoms with van der Waals surface area (Å²) >= 11 is 0. The summed E-state index contributed by atoms with van der Waals surface area (Å²) in [6, 6.07) is 0. The van der Waals surface area contributed by atoms with E-state index in [4.69, 9.17) is 0 Å². The molecule has 0 aromatic heterocycles. The molecule has 0 saturated carbocycles. The second kappa shape index (κ2) is 4.06. The van der Waals surface area contributed by atoms with E-state index in [1.807, 2.05) is 0 Å². The van der Waals surface area contributed by atoms with Crippen LogP contribution in [-0.2, 0) is 24.3 Å². The third-order valence-corrected chi connectivity index (χ3v) is 5.58. The van der Waals surface area contributed by atoms with Gasteiger partial charge in [-0.15, -0.1) is 0 Å². The summed E-state index contributed by atoms with van der Waals surface area (Å²) in [4.78, 5) is 22.7. The zero-order chi connectivity index (χ0) is 12.8. The molecule has 2 aliphatic heterocycles. The maximum Gasteiger partial charge on any atom is 0.318 e. The van der Waals surface area contributed by atoms with Crippen molar-refractivity contribution >= 4 is 22.0 Å². The van der Waals surface area contributed by atoms with Crippen LogP contribution in [0.1, 0.15) is 20.3 Å². The molecule has 17 heavy (non-hydrogen) atoms. The Kier molecular flexibility index (Phi) is 2.99. The van der Waals surface area contributed by atoms with Crippen LogP contribution in [0.2, 0.25) is 0 Å². The molecule has 0 amide bonds. The summed E-state index contributed by atoms with van der Waals surface area (Å²) in [5.74, 6) is -2.18. The number of carbonyl (C=O) groups excluding carboxylic acids is 2. The first-order valence-corrected chi connectivity index (χ1v) is 7.09. The van der Waals surface area contributed by atoms with Crippen LogP contribution in [-0.4, -0.2) is 43.0 Å². The fraction of sp³-hybridized carbons (Fsp3) is 0.800. The van der Waals surface area contributed by atoms with E-state index >= 15 is 0 Å². The van der Waals surface area contributed by atoms with Crippen molar-refractivity contribution < 1.29 is 22.7 Å². The fourth-order valence-corrected chi connectivity index (χ4v) is 3.55. The van der Waals surface area contributed by atoms with E-state index in [-0.39, 0.29) is 13.1 Å². The van der Waals surface area contributed by atoms with Crippen molar-refractivity contribution in [3.63, 3.8) is 0 Å². The van der Waals surface area contributed by atoms with Crippen LogP contribution in [0.5, 0.6) is 0 Å². The third-order valence-electron chi connectivity index (χ3n) is 3.34. The molecule has 0 N–H and O–H groups in total. The Morgan fingerprint density at radius 1 is 1.24 bits per heavy atom. The first-order valence-electron chi connectivity index (χ1n) is 5.58. The Hall–Kier alpha value is -0.950. The van der Waals surface area contributed by atoms with Gasteiger partial charge < -0.3 is 4.74 Å². The van der Waals surface area contributed by atoms with Gasteiger partial charge in [0.1, 0.15) is 0 Å². The molecule has 0 bridgehead atoms. The molecule has 2 unspecified atom stereocenters. The second-order valence-corrected chi connectivity index (χ2v) is 7.18. The van der Waals surface area contributed by atoms with Crippen molar-refractivity contribution in [2.24, 2.45) is 11.8 Å². The highest BCUT2D eigenvalue weighted by Gasteiger charge is 2.49. The summed E-state index contributed by atoms with van der Waals surface area (Å²) in [5, 5.41) is -0.521. The number of rotatable bonds is 2. The molecule has 2 atom stereocenters. The average Bonchev–Trinajstić information content (AvgIpc) is 2.54. The molecule has 0 aliphatic carbocycles. The Balaban J connectivity index is 2.19. The predicted molar refractivity (Wildman–Crippen MR) is 58.3 cm³/mol. The van der Waals surface area contributed by atoms with Crippen molar-refractivity contribution in [3.05, 3.63) is 0 Å². The quantitative estimate of drug-likeness (QED) is 0.505. The van der Waals surface area contributed by atoms with Gasteiger partial charge in [-0.2, -0.15) is 0 Å². The second-order valence-electron chi connectivity index (χ2n) is 4.69. The molecule has 96 valence electrons. The zero-order valence-corrected chi connectivity index (χ0v) is 10.6. The Morgan fingerprint density at radius 3 is 2.41 bits per heavy atom. The minimum absolute atomic E-state index is 0.0652. The number of cyclic esters (lactones) is 2. The lowest BCUT2D eigenvalue weighted by atomic mass is 9.89. The van der Waals surface area contributed by atoms with E-state index in [1.54, 1.807) is 13.8 Å². The molecule has 0 spiro atoms. The van der Waals surface area contributed by atoms with Gasteiger partial charge in [0.25, 0.3) is 0 Å². The van der Waals surface area contributed by atoms with Gasteiger partial charge >= 0.3 is 11.9 Å². The van der Waals surface area contributed by atoms with E-state index in [1.165, 1.54) is 4.31 Å². The molecular weight excluding hydrogens is 246 g/mol. The Labute approximate surface area is 100.0 Å². The molecule has 2 rings (SSSR count). The van der Waals surface area contributed by atoms with Gasteiger partial charge in [-0.3, -0.25) is 9.59 Å². The van der Waals surface area contributed by atoms with Crippen LogP contribution < -0.4 is 0 Å². The maximum atomic E-state index is 12.0. The molecule has 6 nitrogen and oxygen atoms in total. The van der Waals surface area contributed by atoms with Gasteiger partial charge in [-0.25, -0.2) is 12.7 Å². The zero-order valence-electron chi connectivity index (χ0n) is 9.75. The largest absolute Gasteiger partial charge is 0.393 e. The number of nitrogens with zero attached hydrogens (tertiary/aromatic N) is 1. The molecule has 2 fully saturated rings. The summed E-state index contributed by atoms with van der Waals surface area (Å²) in [5.41, 5.74) is 0. The third kappa shape index (κ3) is 1.97. The van der Waals surface area contributed by atoms with E-state index in [2.05, 4.69) is 4.74 Å². The number of hydrogen-bond acceptors (Lipinski definition) is 5. The summed E-state index contributed by atoms with van der Waals surface area (Å²) in [7, 11) is -3.37. The van der Waals surface area contributed by atoms with Gasteiger partial charge in [0.15, 0.2) is 0 Å². The molecule has 2 heterocycles. The van der Waals surface area contributed by atoms with E-state index in [0.29, 0.717) is 6.42 Å². The van der Waals surface area contributed by atoms with E-state index < -0.39 is 39.0 Å². The molecule has 0 radical (unpaired) electrons. The molecule has 0 aromatic carbocycles. The molecular formula is C10H15NO5S. The van der Waals surface area contributed by atoms with Crippen molar-refractivity contribution in [2.75, 3.05) is 13.1 Å². The number of ether oxygens (including phenoxy) is 1. The van der Waals surface area contributed by atoms with E-state index in [9.17, 15) is 18.0 Å². The van der Waals surface area contributed by atoms with Gasteiger partial charge in [-0.05, 0) is 20.3 Å². The number of hydrogen-bond donors (Lipinski definition) is 0. The number of piperidine rings is 1. The van der Waals surface area contributed by atoms with Crippen molar-refractivity contribution in [2.45, 2.75) is 25.5 Å². The minimum atomic E-state index is -3.37. The fourth-order valence-electron chi connectivity index (χ4n) is 2.22. The highest BCUT2D eigenvalue weighted by Crippen LogP contribution is 2.33. The van der Waals surface area contributed by atoms with Gasteiger partial charge in [0.05, 0.1) is 17.1 Å². The summed E-state index contributed by atoms with van der Waals surface area (Å²) < 4.78 is 29.7. The number of fused-ring (bicyclic) bond motifs is 1. The van der Waals surface area contributed by atoms with Crippen LogP contribution in [0, 0.1) is 11.8 Å². The number of carbonyl (C=O) groups is 2. The van der Waals surface area contributed by atoms with Crippen LogP contribution >= 0.6 is 0 Å². The first kappa shape index (κ1) is 12.5. The lowest BCUT2D eigenvalue weighted by Gasteiger charge is -2.31. The van der Waals surface area contributed by atoms with Crippen LogP contribution in [0.15, 0.2) is 0 Å². The van der Waals surface area contributed by atoms with E-state index in [0.717, 1.165) is 0 Å². The average molecular weight is 261 g/mol. The SMILES string of the molecule is CC(C)S(=O)(=O)N1CCC2C(=O)OC(=O)C2C1. The minimum Gasteiger partial charge on any atom is -0.393 e. The molecule has 0 aromatic rings. The highest BCUT2D eigenvalue weighted by atomic mass is 32.2. The van der Waals surface area contributed by atoms with Gasteiger partial charge in [0.2, 0.25) is 10.0 Å². The van der Waals surface area contributed by atoms with Crippen LogP contribution in [0.25, 0.3) is 0 Å². The van der Waals surface area contributed by atoms with Crippen LogP contribution in [0.4, 0.5) is 0 Å².